The Morgan fingerprint density at radius 2 is 1.73 bits per heavy atom. The van der Waals surface area contributed by atoms with E-state index in [0.717, 1.165) is 0 Å². The summed E-state index contributed by atoms with van der Waals surface area (Å²) >= 11 is 4.93. The van der Waals surface area contributed by atoms with Gasteiger partial charge in [0.15, 0.2) is 6.79 Å². The summed E-state index contributed by atoms with van der Waals surface area (Å²) < 4.78 is 65.1. The molecule has 0 aliphatic carbocycles. The second kappa shape index (κ2) is 4.75. The Morgan fingerprint density at radius 1 is 1.27 bits per heavy atom. The number of hydrogen-bond acceptors (Lipinski definition) is 3. The van der Waals surface area contributed by atoms with Crippen LogP contribution in [0, 0.1) is 0 Å². The predicted molar refractivity (Wildman–Crippen MR) is 38.0 cm³/mol. The maximum atomic E-state index is 12.0. The van der Waals surface area contributed by atoms with Crippen LogP contribution in [0.2, 0.25) is 0 Å². The number of hydrogen-bond donors (Lipinski definition) is 0. The molecule has 0 heterocycles. The zero-order chi connectivity index (χ0) is 12.3. The van der Waals surface area contributed by atoms with E-state index in [2.05, 4.69) is 16.1 Å². The molecule has 0 rings (SSSR count). The Hall–Kier alpha value is -0.890. The first-order chi connectivity index (χ1) is 6.58. The largest absolute Gasteiger partial charge is 0.483 e. The van der Waals surface area contributed by atoms with Crippen molar-refractivity contribution in [1.29, 1.82) is 0 Å². The third-order valence-corrected chi connectivity index (χ3v) is 1.14. The first kappa shape index (κ1) is 14.1. The Kier molecular flexibility index (Phi) is 4.47. The normalized spacial score (nSPS) is 12.4. The Bertz CT molecular complexity index is 262. The summed E-state index contributed by atoms with van der Waals surface area (Å²) in [6.45, 7) is 1.26. The third kappa shape index (κ3) is 4.43. The molecule has 0 bridgehead atoms. The van der Waals surface area contributed by atoms with E-state index in [1.807, 2.05) is 0 Å². The fourth-order valence-corrected chi connectivity index (χ4v) is 0.372. The highest BCUT2D eigenvalue weighted by Gasteiger charge is 2.59. The second-order valence-corrected chi connectivity index (χ2v) is 2.57. The Balaban J connectivity index is 4.07. The topological polar surface area (TPSA) is 35.5 Å². The molecule has 0 aliphatic rings. The van der Waals surface area contributed by atoms with Crippen molar-refractivity contribution in [1.82, 2.24) is 0 Å². The van der Waals surface area contributed by atoms with Crippen molar-refractivity contribution in [3.05, 3.63) is 11.6 Å². The van der Waals surface area contributed by atoms with Crippen LogP contribution in [0.25, 0.3) is 0 Å². The van der Waals surface area contributed by atoms with Crippen LogP contribution in [0.4, 0.5) is 22.0 Å². The summed E-state index contributed by atoms with van der Waals surface area (Å²) in [4.78, 5) is 10.4. The minimum absolute atomic E-state index is 0.672. The van der Waals surface area contributed by atoms with Crippen molar-refractivity contribution < 1.29 is 36.2 Å². The van der Waals surface area contributed by atoms with Crippen molar-refractivity contribution in [3.8, 4) is 0 Å². The van der Waals surface area contributed by atoms with E-state index in [1.54, 1.807) is 0 Å². The van der Waals surface area contributed by atoms with Gasteiger partial charge in [0, 0.05) is 0 Å². The van der Waals surface area contributed by atoms with Crippen molar-refractivity contribution in [2.75, 3.05) is 6.79 Å². The van der Waals surface area contributed by atoms with Gasteiger partial charge in [-0.25, -0.2) is 4.79 Å². The summed E-state index contributed by atoms with van der Waals surface area (Å²) in [5.41, 5.74) is 0. The smallest absolute Gasteiger partial charge is 0.434 e. The molecule has 3 nitrogen and oxygen atoms in total. The quantitative estimate of drug-likeness (QED) is 0.334. The van der Waals surface area contributed by atoms with Gasteiger partial charge in [0.1, 0.15) is 5.03 Å². The highest BCUT2D eigenvalue weighted by Crippen LogP contribution is 2.36. The van der Waals surface area contributed by atoms with E-state index < -0.39 is 30.1 Å². The number of alkyl halides is 5. The average molecular weight is 255 g/mol. The molecular weight excluding hydrogens is 251 g/mol. The van der Waals surface area contributed by atoms with E-state index in [-0.39, 0.29) is 0 Å². The SMILES string of the molecule is C=C(Cl)C(=O)OCOC(F)(F)C(F)(F)F. The maximum absolute atomic E-state index is 12.0. The summed E-state index contributed by atoms with van der Waals surface area (Å²) in [6.07, 6.45) is -11.3. The van der Waals surface area contributed by atoms with Crippen LogP contribution in [0.15, 0.2) is 11.6 Å². The van der Waals surface area contributed by atoms with Crippen molar-refractivity contribution in [2.24, 2.45) is 0 Å². The van der Waals surface area contributed by atoms with Crippen LogP contribution in [0.5, 0.6) is 0 Å². The molecule has 88 valence electrons. The van der Waals surface area contributed by atoms with E-state index >= 15 is 0 Å². The Labute approximate surface area is 85.4 Å². The first-order valence-electron chi connectivity index (χ1n) is 3.18. The van der Waals surface area contributed by atoms with Crippen molar-refractivity contribution in [3.63, 3.8) is 0 Å². The van der Waals surface area contributed by atoms with Gasteiger partial charge in [-0.15, -0.1) is 0 Å². The zero-order valence-corrected chi connectivity index (χ0v) is 7.66. The monoisotopic (exact) mass is 254 g/mol. The molecule has 0 aromatic heterocycles. The van der Waals surface area contributed by atoms with Gasteiger partial charge in [-0.05, 0) is 0 Å². The van der Waals surface area contributed by atoms with E-state index in [9.17, 15) is 26.7 Å². The maximum Gasteiger partial charge on any atom is 0.483 e. The van der Waals surface area contributed by atoms with E-state index in [0.29, 0.717) is 0 Å². The van der Waals surface area contributed by atoms with Crippen molar-refractivity contribution in [2.45, 2.75) is 12.3 Å². The van der Waals surface area contributed by atoms with Crippen LogP contribution in [0.1, 0.15) is 0 Å². The highest BCUT2D eigenvalue weighted by molar-refractivity contribution is 6.40. The lowest BCUT2D eigenvalue weighted by Crippen LogP contribution is -2.39. The fourth-order valence-electron chi connectivity index (χ4n) is 0.317. The molecule has 0 saturated carbocycles. The number of halogens is 6. The molecule has 9 heteroatoms. The van der Waals surface area contributed by atoms with Crippen LogP contribution >= 0.6 is 11.6 Å². The molecule has 0 unspecified atom stereocenters. The summed E-state index contributed by atoms with van der Waals surface area (Å²) in [5.74, 6) is -1.35. The van der Waals surface area contributed by atoms with E-state index in [4.69, 9.17) is 11.6 Å². The van der Waals surface area contributed by atoms with Crippen molar-refractivity contribution >= 4 is 17.6 Å². The summed E-state index contributed by atoms with van der Waals surface area (Å²) in [6, 6.07) is 0. The average Bonchev–Trinajstić information content (AvgIpc) is 2.01. The predicted octanol–water partition coefficient (Wildman–Crippen LogP) is 2.41. The van der Waals surface area contributed by atoms with Crippen LogP contribution in [0.3, 0.4) is 0 Å². The lowest BCUT2D eigenvalue weighted by molar-refractivity contribution is -0.402. The lowest BCUT2D eigenvalue weighted by atomic mass is 10.6. The van der Waals surface area contributed by atoms with Gasteiger partial charge in [0.25, 0.3) is 0 Å². The van der Waals surface area contributed by atoms with Gasteiger partial charge >= 0.3 is 18.3 Å². The molecular formula is C6H4ClF5O3. The summed E-state index contributed by atoms with van der Waals surface area (Å²) in [5, 5.41) is -0.672. The molecule has 0 spiro atoms. The third-order valence-electron chi connectivity index (χ3n) is 0.982. The van der Waals surface area contributed by atoms with E-state index in [1.165, 1.54) is 0 Å². The van der Waals surface area contributed by atoms with Crippen LogP contribution in [-0.4, -0.2) is 25.0 Å². The lowest BCUT2D eigenvalue weighted by Gasteiger charge is -2.18. The molecule has 0 atom stereocenters. The minimum Gasteiger partial charge on any atom is -0.434 e. The zero-order valence-electron chi connectivity index (χ0n) is 6.91. The number of esters is 1. The number of rotatable bonds is 4. The molecule has 0 fully saturated rings. The number of carbonyl (C=O) groups excluding carboxylic acids is 1. The van der Waals surface area contributed by atoms with Gasteiger partial charge in [-0.2, -0.15) is 22.0 Å². The first-order valence-corrected chi connectivity index (χ1v) is 3.56. The highest BCUT2D eigenvalue weighted by atomic mass is 35.5. The molecule has 0 saturated heterocycles. The molecule has 15 heavy (non-hydrogen) atoms. The molecule has 0 aliphatic heterocycles. The fraction of sp³-hybridized carbons (Fsp3) is 0.500. The van der Waals surface area contributed by atoms with Crippen LogP contribution < -0.4 is 0 Å². The molecule has 0 aromatic carbocycles. The molecule has 0 aromatic rings. The molecule has 0 amide bonds. The van der Waals surface area contributed by atoms with Gasteiger partial charge in [-0.3, -0.25) is 4.74 Å². The van der Waals surface area contributed by atoms with Gasteiger partial charge < -0.3 is 4.74 Å². The number of carbonyl (C=O) groups is 1. The molecule has 0 radical (unpaired) electrons. The Morgan fingerprint density at radius 3 is 2.07 bits per heavy atom. The number of ether oxygens (including phenoxy) is 2. The minimum atomic E-state index is -5.88. The van der Waals surface area contributed by atoms with Gasteiger partial charge in [0.05, 0.1) is 0 Å². The van der Waals surface area contributed by atoms with Gasteiger partial charge in [-0.1, -0.05) is 18.2 Å². The standard InChI is InChI=1S/C6H4ClF5O3/c1-3(7)4(13)14-2-15-6(11,12)5(8,9)10/h1-2H2. The second-order valence-electron chi connectivity index (χ2n) is 2.11. The molecule has 0 N–H and O–H groups in total. The van der Waals surface area contributed by atoms with Gasteiger partial charge in [0.2, 0.25) is 0 Å². The summed E-state index contributed by atoms with van der Waals surface area (Å²) in [7, 11) is 0. The van der Waals surface area contributed by atoms with Crippen LogP contribution in [-0.2, 0) is 14.3 Å².